The van der Waals surface area contributed by atoms with E-state index < -0.39 is 0 Å². The van der Waals surface area contributed by atoms with E-state index in [1.807, 2.05) is 17.0 Å². The highest BCUT2D eigenvalue weighted by Crippen LogP contribution is 2.35. The fourth-order valence-corrected chi connectivity index (χ4v) is 3.50. The summed E-state index contributed by atoms with van der Waals surface area (Å²) < 4.78 is 11.4. The summed E-state index contributed by atoms with van der Waals surface area (Å²) in [6.45, 7) is 3.72. The quantitative estimate of drug-likeness (QED) is 0.701. The molecule has 1 unspecified atom stereocenters. The average molecular weight is 329 g/mol. The minimum Gasteiger partial charge on any atom is -0.493 e. The number of nitrogens with zero attached hydrogens (tertiary/aromatic N) is 1. The molecule has 1 aromatic rings. The molecule has 0 aromatic heterocycles. The predicted molar refractivity (Wildman–Crippen MR) is 95.7 cm³/mol. The van der Waals surface area contributed by atoms with Gasteiger partial charge in [-0.1, -0.05) is 38.3 Å². The highest BCUT2D eigenvalue weighted by molar-refractivity contribution is 6.00. The van der Waals surface area contributed by atoms with E-state index in [2.05, 4.69) is 19.1 Å². The number of amides is 1. The number of carbonyl (C=O) groups is 1. The van der Waals surface area contributed by atoms with Crippen LogP contribution < -0.4 is 9.47 Å². The lowest BCUT2D eigenvalue weighted by Gasteiger charge is -2.21. The van der Waals surface area contributed by atoms with E-state index in [9.17, 15) is 4.79 Å². The van der Waals surface area contributed by atoms with Crippen LogP contribution in [0.25, 0.3) is 6.08 Å². The second-order valence-electron chi connectivity index (χ2n) is 6.57. The fourth-order valence-electron chi connectivity index (χ4n) is 3.50. The summed E-state index contributed by atoms with van der Waals surface area (Å²) in [7, 11) is 1.63. The molecule has 3 rings (SSSR count). The third-order valence-electron chi connectivity index (χ3n) is 4.88. The number of methoxy groups -OCH3 is 1. The lowest BCUT2D eigenvalue weighted by molar-refractivity contribution is 0.0763. The van der Waals surface area contributed by atoms with Gasteiger partial charge >= 0.3 is 0 Å². The summed E-state index contributed by atoms with van der Waals surface area (Å²) in [4.78, 5) is 14.8. The van der Waals surface area contributed by atoms with Crippen LogP contribution in [0.3, 0.4) is 0 Å². The predicted octanol–water partition coefficient (Wildman–Crippen LogP) is 4.29. The Morgan fingerprint density at radius 3 is 2.88 bits per heavy atom. The van der Waals surface area contributed by atoms with Gasteiger partial charge in [-0.2, -0.15) is 0 Å². The molecule has 0 radical (unpaired) electrons. The Kier molecular flexibility index (Phi) is 5.44. The van der Waals surface area contributed by atoms with Crippen molar-refractivity contribution in [2.75, 3.05) is 20.3 Å². The second kappa shape index (κ2) is 7.73. The normalized spacial score (nSPS) is 19.0. The van der Waals surface area contributed by atoms with Gasteiger partial charge in [-0.3, -0.25) is 4.79 Å². The van der Waals surface area contributed by atoms with Gasteiger partial charge in [0.1, 0.15) is 0 Å². The Morgan fingerprint density at radius 2 is 2.08 bits per heavy atom. The zero-order chi connectivity index (χ0) is 16.9. The van der Waals surface area contributed by atoms with Crippen LogP contribution in [0, 0.1) is 0 Å². The van der Waals surface area contributed by atoms with Crippen molar-refractivity contribution < 1.29 is 14.3 Å². The van der Waals surface area contributed by atoms with Crippen molar-refractivity contribution in [3.8, 4) is 11.5 Å². The van der Waals surface area contributed by atoms with Crippen LogP contribution in [0.1, 0.15) is 61.4 Å². The summed E-state index contributed by atoms with van der Waals surface area (Å²) in [5, 5.41) is 0. The first-order chi connectivity index (χ1) is 11.7. The molecule has 4 heteroatoms. The Morgan fingerprint density at radius 1 is 1.21 bits per heavy atom. The maximum atomic E-state index is 12.8. The Balaban J connectivity index is 1.80. The minimum atomic E-state index is 0.102. The first-order valence-corrected chi connectivity index (χ1v) is 9.08. The topological polar surface area (TPSA) is 38.8 Å². The van der Waals surface area contributed by atoms with Gasteiger partial charge in [0.25, 0.3) is 5.91 Å². The molecule has 130 valence electrons. The molecule has 2 aliphatic heterocycles. The number of unbranched alkanes of at least 4 members (excludes halogenated alkanes) is 3. The molecule has 0 saturated carbocycles. The molecular formula is C20H27NO3. The van der Waals surface area contributed by atoms with Crippen molar-refractivity contribution in [2.24, 2.45) is 0 Å². The largest absolute Gasteiger partial charge is 0.493 e. The number of ether oxygens (including phenoxy) is 2. The molecule has 2 aliphatic rings. The average Bonchev–Trinajstić information content (AvgIpc) is 3.03. The molecule has 2 heterocycles. The minimum absolute atomic E-state index is 0.102. The van der Waals surface area contributed by atoms with Crippen molar-refractivity contribution in [2.45, 2.75) is 51.5 Å². The van der Waals surface area contributed by atoms with E-state index in [0.29, 0.717) is 17.9 Å². The van der Waals surface area contributed by atoms with Crippen molar-refractivity contribution in [1.82, 2.24) is 4.90 Å². The van der Waals surface area contributed by atoms with Crippen molar-refractivity contribution in [1.29, 1.82) is 0 Å². The number of rotatable bonds is 7. The Bertz CT molecular complexity index is 624. The lowest BCUT2D eigenvalue weighted by Crippen LogP contribution is -2.33. The molecule has 1 aromatic carbocycles. The van der Waals surface area contributed by atoms with Gasteiger partial charge < -0.3 is 14.4 Å². The molecular weight excluding hydrogens is 302 g/mol. The molecule has 0 spiro atoms. The van der Waals surface area contributed by atoms with Crippen molar-refractivity contribution >= 4 is 12.0 Å². The van der Waals surface area contributed by atoms with Crippen LogP contribution in [0.5, 0.6) is 11.5 Å². The van der Waals surface area contributed by atoms with Gasteiger partial charge in [-0.05, 0) is 37.0 Å². The fraction of sp³-hybridized carbons (Fsp3) is 0.550. The van der Waals surface area contributed by atoms with Crippen LogP contribution >= 0.6 is 0 Å². The molecule has 1 saturated heterocycles. The maximum absolute atomic E-state index is 12.8. The van der Waals surface area contributed by atoms with Crippen molar-refractivity contribution in [3.63, 3.8) is 0 Å². The summed E-state index contributed by atoms with van der Waals surface area (Å²) in [5.74, 6) is 1.47. The zero-order valence-corrected chi connectivity index (χ0v) is 14.7. The summed E-state index contributed by atoms with van der Waals surface area (Å²) in [5.41, 5.74) is 1.64. The van der Waals surface area contributed by atoms with E-state index in [-0.39, 0.29) is 11.9 Å². The van der Waals surface area contributed by atoms with Gasteiger partial charge in [-0.15, -0.1) is 0 Å². The third kappa shape index (κ3) is 3.42. The van der Waals surface area contributed by atoms with E-state index >= 15 is 0 Å². The van der Waals surface area contributed by atoms with Crippen LogP contribution in [0.4, 0.5) is 0 Å². The molecule has 24 heavy (non-hydrogen) atoms. The van der Waals surface area contributed by atoms with Gasteiger partial charge in [0, 0.05) is 6.54 Å². The SMILES string of the molecule is CCCCCCOc1cc2c(cc1OC)C(=O)N1CCCC1C=C2. The van der Waals surface area contributed by atoms with Gasteiger partial charge in [-0.25, -0.2) is 0 Å². The highest BCUT2D eigenvalue weighted by Gasteiger charge is 2.31. The maximum Gasteiger partial charge on any atom is 0.255 e. The van der Waals surface area contributed by atoms with E-state index in [4.69, 9.17) is 9.47 Å². The number of carbonyl (C=O) groups excluding carboxylic acids is 1. The monoisotopic (exact) mass is 329 g/mol. The second-order valence-corrected chi connectivity index (χ2v) is 6.57. The van der Waals surface area contributed by atoms with E-state index in [1.54, 1.807) is 7.11 Å². The molecule has 0 bridgehead atoms. The number of hydrogen-bond acceptors (Lipinski definition) is 3. The Labute approximate surface area is 144 Å². The number of hydrogen-bond donors (Lipinski definition) is 0. The summed E-state index contributed by atoms with van der Waals surface area (Å²) in [6, 6.07) is 4.02. The third-order valence-corrected chi connectivity index (χ3v) is 4.88. The smallest absolute Gasteiger partial charge is 0.255 e. The first-order valence-electron chi connectivity index (χ1n) is 9.08. The van der Waals surface area contributed by atoms with E-state index in [0.717, 1.165) is 37.1 Å². The first kappa shape index (κ1) is 16.9. The lowest BCUT2D eigenvalue weighted by atomic mass is 10.1. The van der Waals surface area contributed by atoms with Crippen LogP contribution in [0.15, 0.2) is 18.2 Å². The van der Waals surface area contributed by atoms with Crippen molar-refractivity contribution in [3.05, 3.63) is 29.3 Å². The molecule has 1 fully saturated rings. The summed E-state index contributed by atoms with van der Waals surface area (Å²) >= 11 is 0. The van der Waals surface area contributed by atoms with Gasteiger partial charge in [0.15, 0.2) is 11.5 Å². The Hall–Kier alpha value is -1.97. The highest BCUT2D eigenvalue weighted by atomic mass is 16.5. The van der Waals surface area contributed by atoms with Crippen LogP contribution in [0.2, 0.25) is 0 Å². The molecule has 1 atom stereocenters. The molecule has 1 amide bonds. The van der Waals surface area contributed by atoms with Gasteiger partial charge in [0.2, 0.25) is 0 Å². The molecule has 0 aliphatic carbocycles. The number of fused-ring (bicyclic) bond motifs is 2. The van der Waals surface area contributed by atoms with E-state index in [1.165, 1.54) is 19.3 Å². The zero-order valence-electron chi connectivity index (χ0n) is 14.7. The molecule has 4 nitrogen and oxygen atoms in total. The van der Waals surface area contributed by atoms with Crippen LogP contribution in [-0.4, -0.2) is 37.1 Å². The van der Waals surface area contributed by atoms with Gasteiger partial charge in [0.05, 0.1) is 25.3 Å². The number of benzene rings is 1. The molecule has 0 N–H and O–H groups in total. The summed E-state index contributed by atoms with van der Waals surface area (Å²) in [6.07, 6.45) is 11.0. The standard InChI is InChI=1S/C20H27NO3/c1-3-4-5-6-12-24-19-13-15-9-10-16-8-7-11-21(16)20(22)17(15)14-18(19)23-2/h9-10,13-14,16H,3-8,11-12H2,1-2H3. The van der Waals surface area contributed by atoms with Crippen LogP contribution in [-0.2, 0) is 0 Å².